The average Bonchev–Trinajstić information content (AvgIpc) is 2.59. The lowest BCUT2D eigenvalue weighted by Crippen LogP contribution is -2.21. The van der Waals surface area contributed by atoms with E-state index in [1.165, 1.54) is 0 Å². The molecule has 3 rings (SSSR count). The highest BCUT2D eigenvalue weighted by Crippen LogP contribution is 2.21. The monoisotopic (exact) mass is 305 g/mol. The third kappa shape index (κ3) is 4.04. The highest BCUT2D eigenvalue weighted by Gasteiger charge is 2.08. The third-order valence-electron chi connectivity index (χ3n) is 3.74. The Morgan fingerprint density at radius 3 is 1.43 bits per heavy atom. The number of anilines is 1. The molecule has 0 aromatic heterocycles. The lowest BCUT2D eigenvalue weighted by atomic mass is 10.1. The lowest BCUT2D eigenvalue weighted by Gasteiger charge is -2.25. The van der Waals surface area contributed by atoms with Crippen molar-refractivity contribution in [2.45, 2.75) is 13.1 Å². The fourth-order valence-electron chi connectivity index (χ4n) is 2.52. The molecule has 3 aromatic carbocycles. The van der Waals surface area contributed by atoms with Gasteiger partial charge in [0.25, 0.3) is 0 Å². The summed E-state index contributed by atoms with van der Waals surface area (Å²) in [5.41, 5.74) is 3.39. The Morgan fingerprint density at radius 1 is 0.565 bits per heavy atom. The Kier molecular flexibility index (Phi) is 4.48. The predicted molar refractivity (Wildman–Crippen MR) is 92.5 cm³/mol. The van der Waals surface area contributed by atoms with E-state index in [4.69, 9.17) is 0 Å². The van der Waals surface area contributed by atoms with Crippen molar-refractivity contribution in [3.63, 3.8) is 0 Å². The van der Waals surface area contributed by atoms with Gasteiger partial charge in [0.2, 0.25) is 0 Å². The number of nitrogens with zero attached hydrogens (tertiary/aromatic N) is 1. The number of hydrogen-bond acceptors (Lipinski definition) is 3. The highest BCUT2D eigenvalue weighted by atomic mass is 16.3. The molecule has 3 nitrogen and oxygen atoms in total. The molecule has 0 spiro atoms. The van der Waals surface area contributed by atoms with E-state index in [9.17, 15) is 10.2 Å². The zero-order valence-corrected chi connectivity index (χ0v) is 12.8. The van der Waals surface area contributed by atoms with Crippen molar-refractivity contribution in [3.05, 3.63) is 90.0 Å². The maximum atomic E-state index is 9.43. The second kappa shape index (κ2) is 6.88. The Bertz CT molecular complexity index is 689. The van der Waals surface area contributed by atoms with Crippen molar-refractivity contribution >= 4 is 5.69 Å². The molecule has 0 fully saturated rings. The van der Waals surface area contributed by atoms with Gasteiger partial charge in [-0.3, -0.25) is 0 Å². The summed E-state index contributed by atoms with van der Waals surface area (Å²) in [5, 5.41) is 18.9. The number of benzene rings is 3. The Hall–Kier alpha value is -2.94. The number of aromatic hydroxyl groups is 2. The van der Waals surface area contributed by atoms with E-state index in [-0.39, 0.29) is 11.5 Å². The van der Waals surface area contributed by atoms with Crippen LogP contribution in [0.15, 0.2) is 78.9 Å². The van der Waals surface area contributed by atoms with Gasteiger partial charge < -0.3 is 15.1 Å². The van der Waals surface area contributed by atoms with E-state index in [1.54, 1.807) is 24.3 Å². The summed E-state index contributed by atoms with van der Waals surface area (Å²) in [6.07, 6.45) is 0. The second-order valence-corrected chi connectivity index (χ2v) is 5.52. The minimum absolute atomic E-state index is 0.276. The van der Waals surface area contributed by atoms with Crippen LogP contribution in [0.4, 0.5) is 5.69 Å². The Morgan fingerprint density at radius 2 is 1.00 bits per heavy atom. The third-order valence-corrected chi connectivity index (χ3v) is 3.74. The first-order chi connectivity index (χ1) is 11.2. The smallest absolute Gasteiger partial charge is 0.115 e. The molecule has 3 heteroatoms. The molecule has 2 N–H and O–H groups in total. The summed E-state index contributed by atoms with van der Waals surface area (Å²) in [5.74, 6) is 0.553. The van der Waals surface area contributed by atoms with Gasteiger partial charge in [-0.25, -0.2) is 0 Å². The first-order valence-electron chi connectivity index (χ1n) is 7.56. The van der Waals surface area contributed by atoms with Gasteiger partial charge in [0, 0.05) is 18.8 Å². The molecule has 0 heterocycles. The van der Waals surface area contributed by atoms with Crippen LogP contribution in [0.1, 0.15) is 11.1 Å². The molecule has 116 valence electrons. The zero-order chi connectivity index (χ0) is 16.1. The van der Waals surface area contributed by atoms with E-state index in [0.717, 1.165) is 29.9 Å². The maximum Gasteiger partial charge on any atom is 0.115 e. The first kappa shape index (κ1) is 15.0. The van der Waals surface area contributed by atoms with Crippen LogP contribution in [0.25, 0.3) is 0 Å². The van der Waals surface area contributed by atoms with Crippen LogP contribution < -0.4 is 4.90 Å². The van der Waals surface area contributed by atoms with E-state index >= 15 is 0 Å². The van der Waals surface area contributed by atoms with Gasteiger partial charge in [0.1, 0.15) is 11.5 Å². The largest absolute Gasteiger partial charge is 0.508 e. The molecule has 0 aliphatic carbocycles. The van der Waals surface area contributed by atoms with E-state index in [1.807, 2.05) is 42.5 Å². The summed E-state index contributed by atoms with van der Waals surface area (Å²) in [6, 6.07) is 24.8. The molecule has 0 aliphatic heterocycles. The predicted octanol–water partition coefficient (Wildman–Crippen LogP) is 4.30. The van der Waals surface area contributed by atoms with Crippen LogP contribution in [0.3, 0.4) is 0 Å². The van der Waals surface area contributed by atoms with Gasteiger partial charge in [-0.15, -0.1) is 0 Å². The quantitative estimate of drug-likeness (QED) is 0.738. The fraction of sp³-hybridized carbons (Fsp3) is 0.100. The van der Waals surface area contributed by atoms with Crippen LogP contribution in [-0.2, 0) is 13.1 Å². The van der Waals surface area contributed by atoms with Crippen molar-refractivity contribution < 1.29 is 10.2 Å². The molecule has 0 amide bonds. The molecule has 0 unspecified atom stereocenters. The molecular formula is C20H19NO2. The van der Waals surface area contributed by atoms with Gasteiger partial charge in [-0.05, 0) is 47.5 Å². The molecule has 0 saturated heterocycles. The second-order valence-electron chi connectivity index (χ2n) is 5.52. The summed E-state index contributed by atoms with van der Waals surface area (Å²) < 4.78 is 0. The van der Waals surface area contributed by atoms with Crippen molar-refractivity contribution in [1.29, 1.82) is 0 Å². The van der Waals surface area contributed by atoms with Crippen molar-refractivity contribution in [1.82, 2.24) is 0 Å². The molecule has 3 aromatic rings. The van der Waals surface area contributed by atoms with Gasteiger partial charge in [0.15, 0.2) is 0 Å². The van der Waals surface area contributed by atoms with E-state index in [0.29, 0.717) is 0 Å². The van der Waals surface area contributed by atoms with Gasteiger partial charge in [-0.2, -0.15) is 0 Å². The molecular weight excluding hydrogens is 286 g/mol. The summed E-state index contributed by atoms with van der Waals surface area (Å²) in [6.45, 7) is 1.48. The van der Waals surface area contributed by atoms with Crippen LogP contribution in [-0.4, -0.2) is 10.2 Å². The van der Waals surface area contributed by atoms with Crippen molar-refractivity contribution in [2.24, 2.45) is 0 Å². The summed E-state index contributed by atoms with van der Waals surface area (Å²) in [7, 11) is 0. The van der Waals surface area contributed by atoms with Crippen LogP contribution >= 0.6 is 0 Å². The molecule has 0 aliphatic rings. The lowest BCUT2D eigenvalue weighted by molar-refractivity contribution is 0.474. The van der Waals surface area contributed by atoms with E-state index < -0.39 is 0 Å². The summed E-state index contributed by atoms with van der Waals surface area (Å²) >= 11 is 0. The number of hydrogen-bond donors (Lipinski definition) is 2. The van der Waals surface area contributed by atoms with Gasteiger partial charge >= 0.3 is 0 Å². The van der Waals surface area contributed by atoms with Crippen LogP contribution in [0.2, 0.25) is 0 Å². The summed E-state index contributed by atoms with van der Waals surface area (Å²) in [4.78, 5) is 2.26. The van der Waals surface area contributed by atoms with Crippen LogP contribution in [0.5, 0.6) is 11.5 Å². The van der Waals surface area contributed by atoms with Crippen molar-refractivity contribution in [2.75, 3.05) is 4.90 Å². The van der Waals surface area contributed by atoms with Gasteiger partial charge in [-0.1, -0.05) is 42.5 Å². The zero-order valence-electron chi connectivity index (χ0n) is 12.8. The van der Waals surface area contributed by atoms with Crippen molar-refractivity contribution in [3.8, 4) is 11.5 Å². The molecule has 0 bridgehead atoms. The number of rotatable bonds is 5. The standard InChI is InChI=1S/C20H19NO2/c22-19-10-6-16(7-11-19)14-21(18-4-2-1-3-5-18)15-17-8-12-20(23)13-9-17/h1-13,22-23H,14-15H2. The topological polar surface area (TPSA) is 43.7 Å². The number of phenolic OH excluding ortho intramolecular Hbond substituents is 2. The Balaban J connectivity index is 1.84. The number of phenols is 2. The molecule has 0 atom stereocenters. The van der Waals surface area contributed by atoms with Crippen LogP contribution in [0, 0.1) is 0 Å². The maximum absolute atomic E-state index is 9.43. The Labute approximate surface area is 136 Å². The minimum Gasteiger partial charge on any atom is -0.508 e. The normalized spacial score (nSPS) is 10.4. The van der Waals surface area contributed by atoms with Gasteiger partial charge in [0.05, 0.1) is 0 Å². The highest BCUT2D eigenvalue weighted by molar-refractivity contribution is 5.47. The molecule has 0 radical (unpaired) electrons. The average molecular weight is 305 g/mol. The fourth-order valence-corrected chi connectivity index (χ4v) is 2.52. The number of para-hydroxylation sites is 1. The SMILES string of the molecule is Oc1ccc(CN(Cc2ccc(O)cc2)c2ccccc2)cc1. The molecule has 0 saturated carbocycles. The minimum atomic E-state index is 0.276. The van der Waals surface area contributed by atoms with E-state index in [2.05, 4.69) is 17.0 Å². The first-order valence-corrected chi connectivity index (χ1v) is 7.56. The molecule has 23 heavy (non-hydrogen) atoms.